The molecule has 0 spiro atoms. The first-order chi connectivity index (χ1) is 14.0. The fraction of sp³-hybridized carbons (Fsp3) is 0.286. The summed E-state index contributed by atoms with van der Waals surface area (Å²) in [5.74, 6) is -0.954. The van der Waals surface area contributed by atoms with Crippen LogP contribution >= 0.6 is 0 Å². The van der Waals surface area contributed by atoms with E-state index >= 15 is 0 Å². The van der Waals surface area contributed by atoms with Crippen molar-refractivity contribution in [3.05, 3.63) is 76.2 Å². The molecule has 1 aromatic heterocycles. The summed E-state index contributed by atoms with van der Waals surface area (Å²) in [4.78, 5) is 36.1. The van der Waals surface area contributed by atoms with Crippen LogP contribution in [-0.4, -0.2) is 37.3 Å². The van der Waals surface area contributed by atoms with E-state index in [1.54, 1.807) is 13.0 Å². The summed E-state index contributed by atoms with van der Waals surface area (Å²) in [6, 6.07) is 10.6. The number of pyridine rings is 1. The van der Waals surface area contributed by atoms with Crippen molar-refractivity contribution in [1.82, 2.24) is 9.99 Å². The molecule has 2 rings (SSSR count). The van der Waals surface area contributed by atoms with E-state index in [1.165, 1.54) is 37.2 Å². The summed E-state index contributed by atoms with van der Waals surface area (Å²) in [5, 5.41) is 2.51. The Bertz CT molecular complexity index is 922. The van der Waals surface area contributed by atoms with E-state index in [2.05, 4.69) is 10.7 Å². The van der Waals surface area contributed by atoms with Crippen molar-refractivity contribution in [1.29, 1.82) is 0 Å². The third-order valence-electron chi connectivity index (χ3n) is 4.11. The van der Waals surface area contributed by atoms with Gasteiger partial charge in [-0.05, 0) is 18.9 Å². The van der Waals surface area contributed by atoms with Gasteiger partial charge in [0.25, 0.3) is 5.91 Å². The number of benzene rings is 1. The Labute approximate surface area is 169 Å². The van der Waals surface area contributed by atoms with Crippen LogP contribution in [0.5, 0.6) is 5.75 Å². The summed E-state index contributed by atoms with van der Waals surface area (Å²) >= 11 is 0. The first-order valence-electron chi connectivity index (χ1n) is 9.18. The topological polar surface area (TPSA) is 98.7 Å². The van der Waals surface area contributed by atoms with E-state index in [1.807, 2.05) is 30.3 Å². The first kappa shape index (κ1) is 21.7. The van der Waals surface area contributed by atoms with E-state index < -0.39 is 17.3 Å². The number of rotatable bonds is 9. The van der Waals surface area contributed by atoms with Crippen LogP contribution in [0.1, 0.15) is 35.4 Å². The van der Waals surface area contributed by atoms with Gasteiger partial charge in [0.15, 0.2) is 11.4 Å². The third kappa shape index (κ3) is 5.71. The number of esters is 1. The van der Waals surface area contributed by atoms with Crippen molar-refractivity contribution < 1.29 is 19.1 Å². The fourth-order valence-corrected chi connectivity index (χ4v) is 2.76. The summed E-state index contributed by atoms with van der Waals surface area (Å²) in [6.07, 6.45) is 4.97. The number of amides is 1. The molecular weight excluding hydrogens is 374 g/mol. The zero-order valence-electron chi connectivity index (χ0n) is 16.7. The zero-order valence-corrected chi connectivity index (χ0v) is 16.7. The lowest BCUT2D eigenvalue weighted by Crippen LogP contribution is -2.32. The highest BCUT2D eigenvalue weighted by Gasteiger charge is 2.20. The third-order valence-corrected chi connectivity index (χ3v) is 4.11. The maximum Gasteiger partial charge on any atom is 0.330 e. The molecule has 8 heteroatoms. The van der Waals surface area contributed by atoms with Crippen LogP contribution < -0.4 is 20.9 Å². The standard InChI is InChI=1S/C21H25N3O5/c1-4-29-18(26)12-8-11-16(15-9-6-5-7-10-15)23-24-14-13-17(25)20(28-3)19(24)21(27)22-2/h5-10,12-14,16,23H,4,11H2,1-3H3,(H,22,27)/b12-8+. The quantitative estimate of drug-likeness (QED) is 0.494. The molecule has 1 unspecified atom stereocenters. The van der Waals surface area contributed by atoms with Crippen LogP contribution in [0, 0.1) is 0 Å². The predicted octanol–water partition coefficient (Wildman–Crippen LogP) is 2.01. The summed E-state index contributed by atoms with van der Waals surface area (Å²) in [5.41, 5.74) is 3.81. The van der Waals surface area contributed by atoms with Crippen LogP contribution in [-0.2, 0) is 9.53 Å². The van der Waals surface area contributed by atoms with Crippen molar-refractivity contribution in [2.45, 2.75) is 19.4 Å². The highest BCUT2D eigenvalue weighted by molar-refractivity contribution is 5.95. The van der Waals surface area contributed by atoms with Gasteiger partial charge in [0, 0.05) is 25.4 Å². The van der Waals surface area contributed by atoms with E-state index in [4.69, 9.17) is 9.47 Å². The number of methoxy groups -OCH3 is 1. The Hall–Kier alpha value is -3.55. The van der Waals surface area contributed by atoms with Crippen molar-refractivity contribution in [3.8, 4) is 5.75 Å². The van der Waals surface area contributed by atoms with E-state index in [-0.39, 0.29) is 17.5 Å². The maximum atomic E-state index is 12.4. The smallest absolute Gasteiger partial charge is 0.330 e. The molecule has 154 valence electrons. The summed E-state index contributed by atoms with van der Waals surface area (Å²) < 4.78 is 11.5. The number of carbonyl (C=O) groups is 2. The molecule has 1 heterocycles. The Morgan fingerprint density at radius 3 is 2.55 bits per heavy atom. The van der Waals surface area contributed by atoms with Crippen molar-refractivity contribution in [2.75, 3.05) is 26.2 Å². The Morgan fingerprint density at radius 1 is 1.21 bits per heavy atom. The van der Waals surface area contributed by atoms with Crippen LogP contribution in [0.25, 0.3) is 0 Å². The molecule has 8 nitrogen and oxygen atoms in total. The van der Waals surface area contributed by atoms with Gasteiger partial charge in [-0.3, -0.25) is 14.3 Å². The predicted molar refractivity (Wildman–Crippen MR) is 110 cm³/mol. The average Bonchev–Trinajstić information content (AvgIpc) is 2.74. The number of nitrogens with one attached hydrogen (secondary N) is 2. The Morgan fingerprint density at radius 2 is 1.93 bits per heavy atom. The number of carbonyl (C=O) groups excluding carboxylic acids is 2. The lowest BCUT2D eigenvalue weighted by molar-refractivity contribution is -0.137. The second-order valence-electron chi connectivity index (χ2n) is 5.99. The van der Waals surface area contributed by atoms with Crippen molar-refractivity contribution in [3.63, 3.8) is 0 Å². The summed E-state index contributed by atoms with van der Waals surface area (Å²) in [7, 11) is 2.81. The highest BCUT2D eigenvalue weighted by atomic mass is 16.5. The molecule has 1 atom stereocenters. The molecular formula is C21H25N3O5. The molecule has 0 aliphatic rings. The molecule has 2 N–H and O–H groups in total. The molecule has 0 radical (unpaired) electrons. The molecule has 0 bridgehead atoms. The molecule has 0 saturated carbocycles. The molecule has 0 aliphatic heterocycles. The Kier molecular flexibility index (Phi) is 8.02. The van der Waals surface area contributed by atoms with Gasteiger partial charge >= 0.3 is 5.97 Å². The lowest BCUT2D eigenvalue weighted by atomic mass is 10.0. The van der Waals surface area contributed by atoms with Crippen LogP contribution in [0.2, 0.25) is 0 Å². The molecule has 0 fully saturated rings. The van der Waals surface area contributed by atoms with Crippen LogP contribution in [0.3, 0.4) is 0 Å². The number of nitrogens with zero attached hydrogens (tertiary/aromatic N) is 1. The van der Waals surface area contributed by atoms with Gasteiger partial charge in [-0.2, -0.15) is 0 Å². The molecule has 0 aliphatic carbocycles. The van der Waals surface area contributed by atoms with Crippen LogP contribution in [0.15, 0.2) is 59.5 Å². The zero-order chi connectivity index (χ0) is 21.2. The lowest BCUT2D eigenvalue weighted by Gasteiger charge is -2.24. The number of aromatic nitrogens is 1. The minimum atomic E-state index is -0.471. The fourth-order valence-electron chi connectivity index (χ4n) is 2.76. The molecule has 2 aromatic rings. The molecule has 29 heavy (non-hydrogen) atoms. The average molecular weight is 399 g/mol. The van der Waals surface area contributed by atoms with Gasteiger partial charge < -0.3 is 20.2 Å². The summed E-state index contributed by atoms with van der Waals surface area (Å²) in [6.45, 7) is 2.04. The second-order valence-corrected chi connectivity index (χ2v) is 5.99. The van der Waals surface area contributed by atoms with E-state index in [0.717, 1.165) is 5.56 Å². The largest absolute Gasteiger partial charge is 0.491 e. The number of hydrogen-bond acceptors (Lipinski definition) is 6. The number of hydrogen-bond donors (Lipinski definition) is 2. The van der Waals surface area contributed by atoms with Gasteiger partial charge in [-0.15, -0.1) is 0 Å². The van der Waals surface area contributed by atoms with Crippen LogP contribution in [0.4, 0.5) is 0 Å². The normalized spacial score (nSPS) is 11.7. The maximum absolute atomic E-state index is 12.4. The Balaban J connectivity index is 2.40. The monoisotopic (exact) mass is 399 g/mol. The molecule has 0 saturated heterocycles. The highest BCUT2D eigenvalue weighted by Crippen LogP contribution is 2.20. The van der Waals surface area contributed by atoms with E-state index in [0.29, 0.717) is 13.0 Å². The van der Waals surface area contributed by atoms with Gasteiger partial charge in [-0.1, -0.05) is 36.4 Å². The number of ether oxygens (including phenoxy) is 2. The molecule has 1 aromatic carbocycles. The first-order valence-corrected chi connectivity index (χ1v) is 9.18. The van der Waals surface area contributed by atoms with Gasteiger partial charge in [0.1, 0.15) is 0 Å². The van der Waals surface area contributed by atoms with Gasteiger partial charge in [0.05, 0.1) is 19.8 Å². The van der Waals surface area contributed by atoms with Crippen molar-refractivity contribution >= 4 is 11.9 Å². The van der Waals surface area contributed by atoms with Crippen molar-refractivity contribution in [2.24, 2.45) is 0 Å². The van der Waals surface area contributed by atoms with Gasteiger partial charge in [-0.25, -0.2) is 4.79 Å². The van der Waals surface area contributed by atoms with Gasteiger partial charge in [0.2, 0.25) is 5.43 Å². The molecule has 1 amide bonds. The minimum absolute atomic E-state index is 0.0535. The van der Waals surface area contributed by atoms with E-state index in [9.17, 15) is 14.4 Å². The minimum Gasteiger partial charge on any atom is -0.491 e. The SMILES string of the molecule is CCOC(=O)/C=C/CC(Nn1ccc(=O)c(OC)c1C(=O)NC)c1ccccc1. The second kappa shape index (κ2) is 10.7.